The van der Waals surface area contributed by atoms with Gasteiger partial charge in [-0.3, -0.25) is 4.79 Å². The van der Waals surface area contributed by atoms with Crippen LogP contribution in [0.1, 0.15) is 12.8 Å². The number of ether oxygens (including phenoxy) is 1. The van der Waals surface area contributed by atoms with Crippen LogP contribution in [-0.4, -0.2) is 38.9 Å². The van der Waals surface area contributed by atoms with E-state index in [0.717, 1.165) is 16.4 Å². The van der Waals surface area contributed by atoms with Crippen molar-refractivity contribution in [3.8, 4) is 0 Å². The van der Waals surface area contributed by atoms with Crippen LogP contribution in [0.4, 0.5) is 8.78 Å². The molecule has 8 heteroatoms. The Hall–Kier alpha value is -1.54. The first kappa shape index (κ1) is 15.8. The highest BCUT2D eigenvalue weighted by Gasteiger charge is 2.34. The van der Waals surface area contributed by atoms with E-state index in [4.69, 9.17) is 0 Å². The van der Waals surface area contributed by atoms with Gasteiger partial charge in [0.2, 0.25) is 10.0 Å². The number of rotatable bonds is 3. The van der Waals surface area contributed by atoms with Gasteiger partial charge in [0.15, 0.2) is 0 Å². The first-order valence-corrected chi connectivity index (χ1v) is 7.82. The van der Waals surface area contributed by atoms with Gasteiger partial charge in [-0.1, -0.05) is 0 Å². The maximum Gasteiger partial charge on any atom is 0.309 e. The lowest BCUT2D eigenvalue weighted by Gasteiger charge is -2.30. The Morgan fingerprint density at radius 1 is 1.29 bits per heavy atom. The highest BCUT2D eigenvalue weighted by atomic mass is 32.2. The van der Waals surface area contributed by atoms with Crippen LogP contribution in [0.15, 0.2) is 23.1 Å². The molecule has 0 bridgehead atoms. The molecule has 1 aromatic carbocycles. The Kier molecular flexibility index (Phi) is 4.58. The van der Waals surface area contributed by atoms with E-state index >= 15 is 0 Å². The summed E-state index contributed by atoms with van der Waals surface area (Å²) in [6.45, 7) is 0.154. The van der Waals surface area contributed by atoms with Crippen molar-refractivity contribution in [2.45, 2.75) is 17.7 Å². The van der Waals surface area contributed by atoms with Crippen molar-refractivity contribution in [3.63, 3.8) is 0 Å². The Labute approximate surface area is 121 Å². The fourth-order valence-corrected chi connectivity index (χ4v) is 3.91. The summed E-state index contributed by atoms with van der Waals surface area (Å²) in [7, 11) is -2.80. The molecule has 1 saturated heterocycles. The van der Waals surface area contributed by atoms with Crippen molar-refractivity contribution < 1.29 is 26.7 Å². The molecule has 1 unspecified atom stereocenters. The van der Waals surface area contributed by atoms with E-state index in [0.29, 0.717) is 18.9 Å². The second-order valence-electron chi connectivity index (χ2n) is 4.83. The number of sulfonamides is 1. The third-order valence-electron chi connectivity index (χ3n) is 3.39. The number of halogens is 2. The molecule has 0 N–H and O–H groups in total. The van der Waals surface area contributed by atoms with Gasteiger partial charge in [-0.15, -0.1) is 0 Å². The summed E-state index contributed by atoms with van der Waals surface area (Å²) < 4.78 is 56.8. The zero-order valence-electron chi connectivity index (χ0n) is 11.4. The second-order valence-corrected chi connectivity index (χ2v) is 6.77. The highest BCUT2D eigenvalue weighted by molar-refractivity contribution is 7.89. The van der Waals surface area contributed by atoms with Crippen molar-refractivity contribution in [3.05, 3.63) is 29.8 Å². The number of hydrogen-bond acceptors (Lipinski definition) is 4. The molecule has 1 fully saturated rings. The predicted octanol–water partition coefficient (Wildman–Crippen LogP) is 1.54. The first-order valence-electron chi connectivity index (χ1n) is 6.38. The molecule has 1 atom stereocenters. The molecule has 1 aromatic rings. The lowest BCUT2D eigenvalue weighted by molar-refractivity contribution is -0.146. The Bertz CT molecular complexity index is 627. The van der Waals surface area contributed by atoms with Gasteiger partial charge in [-0.2, -0.15) is 4.31 Å². The molecule has 0 aromatic heterocycles. The summed E-state index contributed by atoms with van der Waals surface area (Å²) in [6, 6.07) is 2.13. The normalized spacial score (nSPS) is 20.2. The minimum atomic E-state index is -4.04. The number of methoxy groups -OCH3 is 1. The number of nitrogens with zero attached hydrogens (tertiary/aromatic N) is 1. The molecule has 0 saturated carbocycles. The van der Waals surface area contributed by atoms with Crippen molar-refractivity contribution >= 4 is 16.0 Å². The van der Waals surface area contributed by atoms with E-state index in [9.17, 15) is 22.0 Å². The van der Waals surface area contributed by atoms with E-state index in [-0.39, 0.29) is 13.1 Å². The molecule has 0 aliphatic carbocycles. The van der Waals surface area contributed by atoms with Gasteiger partial charge < -0.3 is 4.74 Å². The summed E-state index contributed by atoms with van der Waals surface area (Å²) in [4.78, 5) is 11.1. The Morgan fingerprint density at radius 2 is 1.90 bits per heavy atom. The molecule has 0 amide bonds. The quantitative estimate of drug-likeness (QED) is 0.793. The van der Waals surface area contributed by atoms with E-state index in [1.54, 1.807) is 0 Å². The molecule has 116 valence electrons. The molecule has 21 heavy (non-hydrogen) atoms. The minimum absolute atomic E-state index is 0.0485. The van der Waals surface area contributed by atoms with Crippen LogP contribution in [0.25, 0.3) is 0 Å². The monoisotopic (exact) mass is 319 g/mol. The summed E-state index contributed by atoms with van der Waals surface area (Å²) in [5.41, 5.74) is 0. The number of benzene rings is 1. The summed E-state index contributed by atoms with van der Waals surface area (Å²) in [5, 5.41) is 0. The summed E-state index contributed by atoms with van der Waals surface area (Å²) >= 11 is 0. The molecular formula is C13H15F2NO4S. The van der Waals surface area contributed by atoms with Crippen LogP contribution >= 0.6 is 0 Å². The van der Waals surface area contributed by atoms with Gasteiger partial charge in [-0.05, 0) is 25.0 Å². The van der Waals surface area contributed by atoms with E-state index in [2.05, 4.69) is 4.74 Å². The van der Waals surface area contributed by atoms with Crippen LogP contribution < -0.4 is 0 Å². The van der Waals surface area contributed by atoms with Crippen LogP contribution in [0, 0.1) is 17.6 Å². The maximum absolute atomic E-state index is 13.2. The molecule has 1 aliphatic heterocycles. The van der Waals surface area contributed by atoms with Gasteiger partial charge in [0.25, 0.3) is 0 Å². The summed E-state index contributed by atoms with van der Waals surface area (Å²) in [6.07, 6.45) is 1.01. The minimum Gasteiger partial charge on any atom is -0.469 e. The third kappa shape index (κ3) is 3.38. The van der Waals surface area contributed by atoms with Crippen molar-refractivity contribution in [1.82, 2.24) is 4.31 Å². The molecule has 0 radical (unpaired) electrons. The van der Waals surface area contributed by atoms with Gasteiger partial charge in [0, 0.05) is 19.2 Å². The van der Waals surface area contributed by atoms with Gasteiger partial charge in [0.05, 0.1) is 17.9 Å². The molecule has 1 heterocycles. The van der Waals surface area contributed by atoms with Gasteiger partial charge in [0.1, 0.15) is 11.6 Å². The predicted molar refractivity (Wildman–Crippen MR) is 69.9 cm³/mol. The third-order valence-corrected chi connectivity index (χ3v) is 5.24. The zero-order valence-corrected chi connectivity index (χ0v) is 12.2. The molecular weight excluding hydrogens is 304 g/mol. The number of esters is 1. The van der Waals surface area contributed by atoms with Crippen molar-refractivity contribution in [1.29, 1.82) is 0 Å². The van der Waals surface area contributed by atoms with Crippen LogP contribution in [0.3, 0.4) is 0 Å². The average Bonchev–Trinajstić information content (AvgIpc) is 2.45. The van der Waals surface area contributed by atoms with Gasteiger partial charge >= 0.3 is 5.97 Å². The van der Waals surface area contributed by atoms with E-state index in [1.165, 1.54) is 7.11 Å². The van der Waals surface area contributed by atoms with Crippen LogP contribution in [0.2, 0.25) is 0 Å². The smallest absolute Gasteiger partial charge is 0.309 e. The molecule has 0 spiro atoms. The van der Waals surface area contributed by atoms with Gasteiger partial charge in [-0.25, -0.2) is 17.2 Å². The maximum atomic E-state index is 13.2. The number of carbonyl (C=O) groups is 1. The van der Waals surface area contributed by atoms with Crippen LogP contribution in [0.5, 0.6) is 0 Å². The topological polar surface area (TPSA) is 63.7 Å². The van der Waals surface area contributed by atoms with E-state index in [1.807, 2.05) is 0 Å². The molecule has 5 nitrogen and oxygen atoms in total. The Balaban J connectivity index is 2.28. The lowest BCUT2D eigenvalue weighted by atomic mass is 10.0. The largest absolute Gasteiger partial charge is 0.469 e. The Morgan fingerprint density at radius 3 is 2.48 bits per heavy atom. The zero-order chi connectivity index (χ0) is 15.6. The first-order chi connectivity index (χ1) is 9.84. The van der Waals surface area contributed by atoms with Crippen LogP contribution in [-0.2, 0) is 19.6 Å². The number of carbonyl (C=O) groups excluding carboxylic acids is 1. The van der Waals surface area contributed by atoms with Crippen molar-refractivity contribution in [2.75, 3.05) is 20.2 Å². The van der Waals surface area contributed by atoms with E-state index < -0.39 is 38.4 Å². The highest BCUT2D eigenvalue weighted by Crippen LogP contribution is 2.25. The summed E-state index contributed by atoms with van der Waals surface area (Å²) in [5.74, 6) is -2.97. The standard InChI is InChI=1S/C13H15F2NO4S/c1-20-13(17)9-3-2-4-16(8-9)21(18,19)12-6-10(14)5-11(15)7-12/h5-7,9H,2-4,8H2,1H3. The number of piperidine rings is 1. The average molecular weight is 319 g/mol. The lowest BCUT2D eigenvalue weighted by Crippen LogP contribution is -2.42. The molecule has 2 rings (SSSR count). The fourth-order valence-electron chi connectivity index (χ4n) is 2.35. The SMILES string of the molecule is COC(=O)C1CCCN(S(=O)(=O)c2cc(F)cc(F)c2)C1. The second kappa shape index (κ2) is 6.07. The van der Waals surface area contributed by atoms with Crippen molar-refractivity contribution in [2.24, 2.45) is 5.92 Å². The molecule has 1 aliphatic rings. The fraction of sp³-hybridized carbons (Fsp3) is 0.462. The number of hydrogen-bond donors (Lipinski definition) is 0.